The average molecular weight is 196 g/mol. The molecule has 2 nitrogen and oxygen atoms in total. The topological polar surface area (TPSA) is 47.6 Å². The van der Waals surface area contributed by atoms with E-state index in [-0.39, 0.29) is 5.41 Å². The molecule has 0 aliphatic heterocycles. The molecule has 0 N–H and O–H groups in total. The van der Waals surface area contributed by atoms with Crippen LogP contribution in [0.4, 0.5) is 0 Å². The first-order chi connectivity index (χ1) is 7.30. The summed E-state index contributed by atoms with van der Waals surface area (Å²) in [5, 5.41) is 18.1. The van der Waals surface area contributed by atoms with Gasteiger partial charge in [0.25, 0.3) is 0 Å². The van der Waals surface area contributed by atoms with Gasteiger partial charge in [0.2, 0.25) is 0 Å². The molecule has 2 rings (SSSR count). The Morgan fingerprint density at radius 3 is 2.47 bits per heavy atom. The van der Waals surface area contributed by atoms with Crippen LogP contribution in [0.25, 0.3) is 0 Å². The third-order valence-corrected chi connectivity index (χ3v) is 3.22. The Balaban J connectivity index is 2.44. The first-order valence-electron chi connectivity index (χ1n) is 5.23. The van der Waals surface area contributed by atoms with E-state index in [1.165, 1.54) is 0 Å². The van der Waals surface area contributed by atoms with E-state index in [1.807, 2.05) is 18.2 Å². The summed E-state index contributed by atoms with van der Waals surface area (Å²) < 4.78 is 0. The van der Waals surface area contributed by atoms with Crippen LogP contribution in [-0.4, -0.2) is 0 Å². The van der Waals surface area contributed by atoms with Gasteiger partial charge in [-0.25, -0.2) is 0 Å². The van der Waals surface area contributed by atoms with Crippen molar-refractivity contribution < 1.29 is 0 Å². The molecule has 0 saturated heterocycles. The van der Waals surface area contributed by atoms with Gasteiger partial charge in [0.1, 0.15) is 0 Å². The molecule has 1 aromatic carbocycles. The molecule has 1 aliphatic carbocycles. The van der Waals surface area contributed by atoms with Crippen molar-refractivity contribution in [1.82, 2.24) is 0 Å². The number of nitrogens with zero attached hydrogens (tertiary/aromatic N) is 2. The van der Waals surface area contributed by atoms with Crippen LogP contribution in [0.1, 0.15) is 36.8 Å². The number of hydrogen-bond donors (Lipinski definition) is 0. The lowest BCUT2D eigenvalue weighted by atomic mass is 9.80. The molecule has 1 aliphatic rings. The third-order valence-electron chi connectivity index (χ3n) is 3.22. The lowest BCUT2D eigenvalue weighted by Gasteiger charge is -2.20. The fraction of sp³-hybridized carbons (Fsp3) is 0.385. The third kappa shape index (κ3) is 1.60. The van der Waals surface area contributed by atoms with Crippen molar-refractivity contribution in [2.24, 2.45) is 0 Å². The highest BCUT2D eigenvalue weighted by atomic mass is 14.4. The molecule has 0 bridgehead atoms. The van der Waals surface area contributed by atoms with E-state index in [0.29, 0.717) is 5.56 Å². The Kier molecular flexibility index (Phi) is 2.44. The van der Waals surface area contributed by atoms with Crippen LogP contribution in [0.2, 0.25) is 0 Å². The van der Waals surface area contributed by atoms with E-state index in [1.54, 1.807) is 6.07 Å². The normalized spacial score (nSPS) is 18.0. The number of nitriles is 2. The molecule has 0 amide bonds. The van der Waals surface area contributed by atoms with Gasteiger partial charge >= 0.3 is 0 Å². The standard InChI is InChI=1S/C13H12N2/c14-9-11-4-3-5-12(8-11)13(10-15)6-1-2-7-13/h3-5,8H,1-2,6-7H2. The van der Waals surface area contributed by atoms with Crippen molar-refractivity contribution in [3.8, 4) is 12.1 Å². The quantitative estimate of drug-likeness (QED) is 0.693. The number of rotatable bonds is 1. The largest absolute Gasteiger partial charge is 0.197 e. The average Bonchev–Trinajstić information content (AvgIpc) is 2.79. The van der Waals surface area contributed by atoms with Crippen molar-refractivity contribution in [2.75, 3.05) is 0 Å². The summed E-state index contributed by atoms with van der Waals surface area (Å²) in [6, 6.07) is 12.0. The van der Waals surface area contributed by atoms with E-state index in [2.05, 4.69) is 12.1 Å². The molecule has 0 unspecified atom stereocenters. The highest BCUT2D eigenvalue weighted by Gasteiger charge is 2.35. The van der Waals surface area contributed by atoms with Crippen molar-refractivity contribution in [3.05, 3.63) is 35.4 Å². The first kappa shape index (κ1) is 9.74. The molecular formula is C13H12N2. The Bertz CT molecular complexity index is 442. The molecule has 1 aromatic rings. The smallest absolute Gasteiger partial charge is 0.0991 e. The Morgan fingerprint density at radius 2 is 1.87 bits per heavy atom. The van der Waals surface area contributed by atoms with Crippen molar-refractivity contribution in [1.29, 1.82) is 10.5 Å². The molecule has 0 heterocycles. The van der Waals surface area contributed by atoms with E-state index in [0.717, 1.165) is 31.2 Å². The van der Waals surface area contributed by atoms with Crippen LogP contribution in [0.15, 0.2) is 24.3 Å². The molecule has 1 saturated carbocycles. The zero-order valence-corrected chi connectivity index (χ0v) is 8.53. The van der Waals surface area contributed by atoms with Crippen LogP contribution in [0.3, 0.4) is 0 Å². The zero-order chi connectivity index (χ0) is 10.7. The molecule has 74 valence electrons. The van der Waals surface area contributed by atoms with Crippen LogP contribution >= 0.6 is 0 Å². The van der Waals surface area contributed by atoms with Gasteiger partial charge in [0, 0.05) is 0 Å². The van der Waals surface area contributed by atoms with E-state index in [9.17, 15) is 5.26 Å². The van der Waals surface area contributed by atoms with Gasteiger partial charge in [0.15, 0.2) is 0 Å². The Morgan fingerprint density at radius 1 is 1.13 bits per heavy atom. The van der Waals surface area contributed by atoms with Crippen LogP contribution in [0.5, 0.6) is 0 Å². The van der Waals surface area contributed by atoms with Gasteiger partial charge in [-0.2, -0.15) is 10.5 Å². The van der Waals surface area contributed by atoms with Gasteiger partial charge in [0.05, 0.1) is 23.1 Å². The summed E-state index contributed by atoms with van der Waals surface area (Å²) >= 11 is 0. The maximum Gasteiger partial charge on any atom is 0.0991 e. The second-order valence-electron chi connectivity index (χ2n) is 4.09. The lowest BCUT2D eigenvalue weighted by molar-refractivity contribution is 0.573. The van der Waals surface area contributed by atoms with Gasteiger partial charge < -0.3 is 0 Å². The Hall–Kier alpha value is -1.80. The van der Waals surface area contributed by atoms with Crippen molar-refractivity contribution in [3.63, 3.8) is 0 Å². The van der Waals surface area contributed by atoms with Crippen LogP contribution < -0.4 is 0 Å². The van der Waals surface area contributed by atoms with Gasteiger partial charge in [-0.3, -0.25) is 0 Å². The highest BCUT2D eigenvalue weighted by Crippen LogP contribution is 2.40. The monoisotopic (exact) mass is 196 g/mol. The predicted octanol–water partition coefficient (Wildman–Crippen LogP) is 2.89. The maximum absolute atomic E-state index is 9.30. The van der Waals surface area contributed by atoms with Gasteiger partial charge in [-0.1, -0.05) is 25.0 Å². The summed E-state index contributed by atoms with van der Waals surface area (Å²) in [5.41, 5.74) is 1.34. The molecule has 0 atom stereocenters. The fourth-order valence-electron chi connectivity index (χ4n) is 2.33. The predicted molar refractivity (Wildman–Crippen MR) is 56.9 cm³/mol. The number of hydrogen-bond acceptors (Lipinski definition) is 2. The molecule has 0 radical (unpaired) electrons. The lowest BCUT2D eigenvalue weighted by Crippen LogP contribution is -2.19. The second kappa shape index (κ2) is 3.75. The Labute approximate surface area is 89.8 Å². The molecular weight excluding hydrogens is 184 g/mol. The van der Waals surface area contributed by atoms with E-state index in [4.69, 9.17) is 5.26 Å². The van der Waals surface area contributed by atoms with E-state index < -0.39 is 0 Å². The number of benzene rings is 1. The summed E-state index contributed by atoms with van der Waals surface area (Å²) in [5.74, 6) is 0. The van der Waals surface area contributed by atoms with Crippen molar-refractivity contribution >= 4 is 0 Å². The fourth-order valence-corrected chi connectivity index (χ4v) is 2.33. The minimum Gasteiger partial charge on any atom is -0.197 e. The maximum atomic E-state index is 9.30. The molecule has 0 aromatic heterocycles. The van der Waals surface area contributed by atoms with Crippen LogP contribution in [-0.2, 0) is 5.41 Å². The summed E-state index contributed by atoms with van der Waals surface area (Å²) in [6.45, 7) is 0. The van der Waals surface area contributed by atoms with Crippen molar-refractivity contribution in [2.45, 2.75) is 31.1 Å². The molecule has 2 heteroatoms. The van der Waals surface area contributed by atoms with Gasteiger partial charge in [-0.05, 0) is 30.5 Å². The second-order valence-corrected chi connectivity index (χ2v) is 4.09. The summed E-state index contributed by atoms with van der Waals surface area (Å²) in [7, 11) is 0. The minimum atomic E-state index is -0.327. The summed E-state index contributed by atoms with van der Waals surface area (Å²) in [6.07, 6.45) is 4.09. The minimum absolute atomic E-state index is 0.327. The summed E-state index contributed by atoms with van der Waals surface area (Å²) in [4.78, 5) is 0. The first-order valence-corrected chi connectivity index (χ1v) is 5.23. The molecule has 15 heavy (non-hydrogen) atoms. The van der Waals surface area contributed by atoms with E-state index >= 15 is 0 Å². The molecule has 1 fully saturated rings. The molecule has 0 spiro atoms. The zero-order valence-electron chi connectivity index (χ0n) is 8.53. The SMILES string of the molecule is N#Cc1cccc(C2(C#N)CCCC2)c1. The van der Waals surface area contributed by atoms with Gasteiger partial charge in [-0.15, -0.1) is 0 Å². The van der Waals surface area contributed by atoms with Crippen LogP contribution in [0, 0.1) is 22.7 Å². The highest BCUT2D eigenvalue weighted by molar-refractivity contribution is 5.40.